The Morgan fingerprint density at radius 2 is 1.89 bits per heavy atom. The van der Waals surface area contributed by atoms with E-state index in [1.54, 1.807) is 25.1 Å². The summed E-state index contributed by atoms with van der Waals surface area (Å²) in [6.07, 6.45) is 0.605. The molecule has 18 heavy (non-hydrogen) atoms. The highest BCUT2D eigenvalue weighted by Gasteiger charge is 2.15. The van der Waals surface area contributed by atoms with Crippen molar-refractivity contribution in [2.45, 2.75) is 6.92 Å². The quantitative estimate of drug-likeness (QED) is 0.616. The van der Waals surface area contributed by atoms with Gasteiger partial charge in [-0.05, 0) is 25.1 Å². The van der Waals surface area contributed by atoms with E-state index in [9.17, 15) is 4.79 Å². The number of carbonyl (C=O) groups is 1. The number of nitrogens with zero attached hydrogens (tertiary/aromatic N) is 2. The summed E-state index contributed by atoms with van der Waals surface area (Å²) in [4.78, 5) is 19.2. The number of aldehydes is 1. The van der Waals surface area contributed by atoms with Crippen LogP contribution in [0, 0.1) is 6.92 Å². The lowest BCUT2D eigenvalue weighted by atomic mass is 10.1. The summed E-state index contributed by atoms with van der Waals surface area (Å²) in [5.41, 5.74) is 1.14. The molecular weight excluding hydrogens is 295 g/mol. The van der Waals surface area contributed by atoms with Crippen molar-refractivity contribution in [1.29, 1.82) is 0 Å². The van der Waals surface area contributed by atoms with Crippen LogP contribution in [0.3, 0.4) is 0 Å². The van der Waals surface area contributed by atoms with Gasteiger partial charge in [0.05, 0.1) is 16.3 Å². The highest BCUT2D eigenvalue weighted by Crippen LogP contribution is 2.32. The summed E-state index contributed by atoms with van der Waals surface area (Å²) in [6.45, 7) is 1.68. The molecule has 1 aromatic carbocycles. The number of carbonyl (C=O) groups excluding carboxylic acids is 1. The molecule has 0 unspecified atom stereocenters. The van der Waals surface area contributed by atoms with Crippen molar-refractivity contribution in [3.8, 4) is 11.3 Å². The second-order valence-corrected chi connectivity index (χ2v) is 4.77. The van der Waals surface area contributed by atoms with Gasteiger partial charge in [0.2, 0.25) is 0 Å². The van der Waals surface area contributed by atoms with Crippen LogP contribution in [0.1, 0.15) is 16.2 Å². The van der Waals surface area contributed by atoms with Crippen molar-refractivity contribution < 1.29 is 4.79 Å². The largest absolute Gasteiger partial charge is 0.298 e. The van der Waals surface area contributed by atoms with Crippen molar-refractivity contribution in [3.63, 3.8) is 0 Å². The molecular formula is C12H7Cl3N2O. The van der Waals surface area contributed by atoms with Gasteiger partial charge in [0.25, 0.3) is 0 Å². The molecule has 0 radical (unpaired) electrons. The number of hydrogen-bond donors (Lipinski definition) is 0. The van der Waals surface area contributed by atoms with Crippen molar-refractivity contribution in [3.05, 3.63) is 44.8 Å². The first-order chi connectivity index (χ1) is 8.52. The van der Waals surface area contributed by atoms with E-state index < -0.39 is 0 Å². The molecule has 3 nitrogen and oxygen atoms in total. The molecule has 0 aliphatic heterocycles. The molecule has 0 aliphatic rings. The van der Waals surface area contributed by atoms with Gasteiger partial charge in [-0.25, -0.2) is 9.97 Å². The van der Waals surface area contributed by atoms with E-state index >= 15 is 0 Å². The monoisotopic (exact) mass is 300 g/mol. The second-order valence-electron chi connectivity index (χ2n) is 3.57. The van der Waals surface area contributed by atoms with E-state index in [1.807, 2.05) is 0 Å². The fourth-order valence-electron chi connectivity index (χ4n) is 1.54. The van der Waals surface area contributed by atoms with Crippen LogP contribution in [-0.4, -0.2) is 16.3 Å². The molecule has 2 aromatic rings. The summed E-state index contributed by atoms with van der Waals surface area (Å²) < 4.78 is 0. The Morgan fingerprint density at radius 3 is 2.56 bits per heavy atom. The fourth-order valence-corrected chi connectivity index (χ4v) is 2.17. The number of benzene rings is 1. The van der Waals surface area contributed by atoms with Gasteiger partial charge < -0.3 is 0 Å². The summed E-state index contributed by atoms with van der Waals surface area (Å²) in [5.74, 6) is 0.455. The Hall–Kier alpha value is -1.16. The molecule has 1 aromatic heterocycles. The zero-order valence-corrected chi connectivity index (χ0v) is 11.5. The van der Waals surface area contributed by atoms with Gasteiger partial charge >= 0.3 is 0 Å². The lowest BCUT2D eigenvalue weighted by molar-refractivity contribution is 0.112. The van der Waals surface area contributed by atoms with E-state index in [1.165, 1.54) is 0 Å². The minimum Gasteiger partial charge on any atom is -0.298 e. The van der Waals surface area contributed by atoms with Crippen LogP contribution in [0.25, 0.3) is 11.3 Å². The van der Waals surface area contributed by atoms with Gasteiger partial charge in [-0.15, -0.1) is 0 Å². The van der Waals surface area contributed by atoms with Gasteiger partial charge in [0.1, 0.15) is 11.0 Å². The highest BCUT2D eigenvalue weighted by atomic mass is 35.5. The Labute approximate surface area is 119 Å². The smallest absolute Gasteiger partial charge is 0.155 e. The average Bonchev–Trinajstić information content (AvgIpc) is 2.31. The molecule has 0 saturated heterocycles. The van der Waals surface area contributed by atoms with Crippen LogP contribution in [0.2, 0.25) is 15.2 Å². The number of aryl methyl sites for hydroxylation is 1. The predicted octanol–water partition coefficient (Wildman–Crippen LogP) is 4.22. The fraction of sp³-hybridized carbons (Fsp3) is 0.0833. The van der Waals surface area contributed by atoms with Crippen LogP contribution in [0.15, 0.2) is 18.2 Å². The predicted molar refractivity (Wildman–Crippen MR) is 72.6 cm³/mol. The molecule has 0 bridgehead atoms. The normalized spacial score (nSPS) is 10.4. The maximum Gasteiger partial charge on any atom is 0.155 e. The van der Waals surface area contributed by atoms with Crippen LogP contribution in [0.4, 0.5) is 0 Å². The van der Waals surface area contributed by atoms with Gasteiger partial charge in [0.15, 0.2) is 6.29 Å². The molecule has 6 heteroatoms. The first-order valence-electron chi connectivity index (χ1n) is 4.97. The SMILES string of the molecule is Cc1nc(Cl)c(C=O)c(-c2cc(Cl)ccc2Cl)n1. The van der Waals surface area contributed by atoms with E-state index in [-0.39, 0.29) is 10.7 Å². The standard InChI is InChI=1S/C12H7Cl3N2O/c1-6-16-11(9(5-18)12(15)17-6)8-4-7(13)2-3-10(8)14/h2-5H,1H3. The summed E-state index contributed by atoms with van der Waals surface area (Å²) in [7, 11) is 0. The molecule has 0 amide bonds. The average molecular weight is 302 g/mol. The number of aromatic nitrogens is 2. The minimum atomic E-state index is 0.101. The van der Waals surface area contributed by atoms with E-state index in [0.29, 0.717) is 33.4 Å². The van der Waals surface area contributed by atoms with Crippen molar-refractivity contribution >= 4 is 41.1 Å². The lowest BCUT2D eigenvalue weighted by Gasteiger charge is -2.08. The molecule has 0 atom stereocenters. The van der Waals surface area contributed by atoms with Crippen LogP contribution < -0.4 is 0 Å². The summed E-state index contributed by atoms with van der Waals surface area (Å²) in [6, 6.07) is 4.93. The second kappa shape index (κ2) is 5.22. The molecule has 0 spiro atoms. The first-order valence-corrected chi connectivity index (χ1v) is 6.11. The zero-order chi connectivity index (χ0) is 13.3. The molecule has 92 valence electrons. The molecule has 2 rings (SSSR count). The van der Waals surface area contributed by atoms with Gasteiger partial charge in [-0.1, -0.05) is 34.8 Å². The maximum absolute atomic E-state index is 11.1. The van der Waals surface area contributed by atoms with E-state index in [0.717, 1.165) is 0 Å². The first kappa shape index (κ1) is 13.3. The Balaban J connectivity index is 2.77. The van der Waals surface area contributed by atoms with Crippen molar-refractivity contribution in [2.75, 3.05) is 0 Å². The van der Waals surface area contributed by atoms with Crippen molar-refractivity contribution in [2.24, 2.45) is 0 Å². The minimum absolute atomic E-state index is 0.101. The summed E-state index contributed by atoms with van der Waals surface area (Å²) in [5, 5.41) is 1.04. The number of hydrogen-bond acceptors (Lipinski definition) is 3. The van der Waals surface area contributed by atoms with E-state index in [4.69, 9.17) is 34.8 Å². The molecule has 0 N–H and O–H groups in total. The molecule has 0 saturated carbocycles. The third-order valence-electron chi connectivity index (χ3n) is 2.31. The Morgan fingerprint density at radius 1 is 1.17 bits per heavy atom. The lowest BCUT2D eigenvalue weighted by Crippen LogP contribution is -1.99. The van der Waals surface area contributed by atoms with Crippen LogP contribution >= 0.6 is 34.8 Å². The van der Waals surface area contributed by atoms with E-state index in [2.05, 4.69) is 9.97 Å². The topological polar surface area (TPSA) is 42.9 Å². The third-order valence-corrected chi connectivity index (χ3v) is 3.17. The number of rotatable bonds is 2. The van der Waals surface area contributed by atoms with Gasteiger partial charge in [0, 0.05) is 10.6 Å². The third kappa shape index (κ3) is 2.48. The zero-order valence-electron chi connectivity index (χ0n) is 9.25. The molecule has 0 fully saturated rings. The highest BCUT2D eigenvalue weighted by molar-refractivity contribution is 6.36. The van der Waals surface area contributed by atoms with Gasteiger partial charge in [-0.2, -0.15) is 0 Å². The molecule has 0 aliphatic carbocycles. The maximum atomic E-state index is 11.1. The molecule has 1 heterocycles. The van der Waals surface area contributed by atoms with Crippen LogP contribution in [0.5, 0.6) is 0 Å². The summed E-state index contributed by atoms with van der Waals surface area (Å²) >= 11 is 17.9. The Bertz CT molecular complexity index is 629. The van der Waals surface area contributed by atoms with Gasteiger partial charge in [-0.3, -0.25) is 4.79 Å². The van der Waals surface area contributed by atoms with Crippen LogP contribution in [-0.2, 0) is 0 Å². The van der Waals surface area contributed by atoms with Crippen molar-refractivity contribution in [1.82, 2.24) is 9.97 Å². The number of halogens is 3. The Kier molecular flexibility index (Phi) is 3.85.